The fourth-order valence-corrected chi connectivity index (χ4v) is 1.30. The number of rotatable bonds is 4. The Bertz CT molecular complexity index is 230. The van der Waals surface area contributed by atoms with E-state index in [4.69, 9.17) is 4.74 Å². The molecule has 0 saturated carbocycles. The molecule has 2 atom stereocenters. The SMILES string of the molecule is COC(C)C(=O)NCC1CCC(=O)N1. The lowest BCUT2D eigenvalue weighted by Crippen LogP contribution is -2.42. The van der Waals surface area contributed by atoms with Gasteiger partial charge < -0.3 is 15.4 Å². The largest absolute Gasteiger partial charge is 0.372 e. The van der Waals surface area contributed by atoms with Crippen molar-refractivity contribution in [2.24, 2.45) is 0 Å². The highest BCUT2D eigenvalue weighted by molar-refractivity contribution is 5.81. The zero-order valence-electron chi connectivity index (χ0n) is 8.50. The summed E-state index contributed by atoms with van der Waals surface area (Å²) in [7, 11) is 1.49. The highest BCUT2D eigenvalue weighted by atomic mass is 16.5. The summed E-state index contributed by atoms with van der Waals surface area (Å²) in [5.41, 5.74) is 0. The molecule has 80 valence electrons. The topological polar surface area (TPSA) is 67.4 Å². The lowest BCUT2D eigenvalue weighted by molar-refractivity contribution is -0.130. The number of nitrogens with one attached hydrogen (secondary N) is 2. The summed E-state index contributed by atoms with van der Waals surface area (Å²) in [5.74, 6) is -0.0855. The molecule has 0 radical (unpaired) electrons. The van der Waals surface area contributed by atoms with E-state index >= 15 is 0 Å². The molecule has 0 aromatic carbocycles. The summed E-state index contributed by atoms with van der Waals surface area (Å²) in [4.78, 5) is 22.1. The number of carbonyl (C=O) groups excluding carboxylic acids is 2. The second-order valence-corrected chi connectivity index (χ2v) is 3.43. The van der Waals surface area contributed by atoms with Crippen molar-refractivity contribution in [1.29, 1.82) is 0 Å². The van der Waals surface area contributed by atoms with Crippen molar-refractivity contribution in [3.63, 3.8) is 0 Å². The molecular weight excluding hydrogens is 184 g/mol. The second-order valence-electron chi connectivity index (χ2n) is 3.43. The monoisotopic (exact) mass is 200 g/mol. The van der Waals surface area contributed by atoms with Crippen molar-refractivity contribution in [2.45, 2.75) is 31.9 Å². The minimum atomic E-state index is -0.438. The van der Waals surface area contributed by atoms with E-state index in [2.05, 4.69) is 10.6 Å². The van der Waals surface area contributed by atoms with Crippen LogP contribution >= 0.6 is 0 Å². The van der Waals surface area contributed by atoms with Gasteiger partial charge in [-0.3, -0.25) is 9.59 Å². The van der Waals surface area contributed by atoms with Gasteiger partial charge in [0, 0.05) is 26.1 Å². The minimum absolute atomic E-state index is 0.0593. The van der Waals surface area contributed by atoms with Crippen LogP contribution in [-0.4, -0.2) is 37.6 Å². The highest BCUT2D eigenvalue weighted by Crippen LogP contribution is 2.04. The third-order valence-corrected chi connectivity index (χ3v) is 2.33. The van der Waals surface area contributed by atoms with Crippen molar-refractivity contribution in [3.05, 3.63) is 0 Å². The van der Waals surface area contributed by atoms with E-state index in [0.29, 0.717) is 13.0 Å². The average Bonchev–Trinajstić information content (AvgIpc) is 2.59. The molecule has 2 unspecified atom stereocenters. The fraction of sp³-hybridized carbons (Fsp3) is 0.778. The van der Waals surface area contributed by atoms with Crippen molar-refractivity contribution in [3.8, 4) is 0 Å². The van der Waals surface area contributed by atoms with E-state index in [-0.39, 0.29) is 17.9 Å². The van der Waals surface area contributed by atoms with Crippen LogP contribution in [0, 0.1) is 0 Å². The molecule has 1 aliphatic rings. The minimum Gasteiger partial charge on any atom is -0.372 e. The standard InChI is InChI=1S/C9H16N2O3/c1-6(14-2)9(13)10-5-7-3-4-8(12)11-7/h6-7H,3-5H2,1-2H3,(H,10,13)(H,11,12). The molecule has 0 aromatic rings. The number of amides is 2. The summed E-state index contributed by atoms with van der Waals surface area (Å²) < 4.78 is 4.85. The smallest absolute Gasteiger partial charge is 0.248 e. The second kappa shape index (κ2) is 4.95. The Morgan fingerprint density at radius 2 is 2.50 bits per heavy atom. The Balaban J connectivity index is 2.20. The first-order valence-electron chi connectivity index (χ1n) is 4.73. The maximum Gasteiger partial charge on any atom is 0.248 e. The van der Waals surface area contributed by atoms with Crippen LogP contribution in [0.3, 0.4) is 0 Å². The highest BCUT2D eigenvalue weighted by Gasteiger charge is 2.21. The van der Waals surface area contributed by atoms with Gasteiger partial charge in [-0.25, -0.2) is 0 Å². The first kappa shape index (κ1) is 11.0. The molecule has 0 spiro atoms. The van der Waals surface area contributed by atoms with Crippen LogP contribution in [-0.2, 0) is 14.3 Å². The molecule has 0 aromatic heterocycles. The summed E-state index contributed by atoms with van der Waals surface area (Å²) in [6.45, 7) is 2.17. The van der Waals surface area contributed by atoms with Crippen LogP contribution < -0.4 is 10.6 Å². The van der Waals surface area contributed by atoms with Gasteiger partial charge >= 0.3 is 0 Å². The average molecular weight is 200 g/mol. The zero-order chi connectivity index (χ0) is 10.6. The summed E-state index contributed by atoms with van der Waals surface area (Å²) in [6.07, 6.45) is 0.910. The number of methoxy groups -OCH3 is 1. The molecule has 1 aliphatic heterocycles. The predicted octanol–water partition coefficient (Wildman–Crippen LogP) is -0.584. The Morgan fingerprint density at radius 1 is 1.79 bits per heavy atom. The molecule has 0 bridgehead atoms. The van der Waals surface area contributed by atoms with Crippen molar-refractivity contribution < 1.29 is 14.3 Å². The van der Waals surface area contributed by atoms with Crippen LogP contribution in [0.1, 0.15) is 19.8 Å². The molecule has 2 amide bonds. The van der Waals surface area contributed by atoms with E-state index in [1.807, 2.05) is 0 Å². The van der Waals surface area contributed by atoms with E-state index in [1.54, 1.807) is 6.92 Å². The number of carbonyl (C=O) groups is 2. The summed E-state index contributed by atoms with van der Waals surface area (Å²) in [6, 6.07) is 0.0792. The molecule has 5 heteroatoms. The molecule has 0 aliphatic carbocycles. The lowest BCUT2D eigenvalue weighted by Gasteiger charge is -2.13. The molecule has 1 rings (SSSR count). The molecule has 1 heterocycles. The molecule has 5 nitrogen and oxygen atoms in total. The number of hydrogen-bond donors (Lipinski definition) is 2. The van der Waals surface area contributed by atoms with Gasteiger partial charge in [0.1, 0.15) is 6.10 Å². The zero-order valence-corrected chi connectivity index (χ0v) is 8.50. The Morgan fingerprint density at radius 3 is 3.00 bits per heavy atom. The Hall–Kier alpha value is -1.10. The van der Waals surface area contributed by atoms with Crippen LogP contribution in [0.4, 0.5) is 0 Å². The summed E-state index contributed by atoms with van der Waals surface area (Å²) >= 11 is 0. The van der Waals surface area contributed by atoms with Crippen LogP contribution in [0.5, 0.6) is 0 Å². The molecule has 1 fully saturated rings. The third kappa shape index (κ3) is 2.99. The molecule has 1 saturated heterocycles. The van der Waals surface area contributed by atoms with Gasteiger partial charge in [0.05, 0.1) is 0 Å². The fourth-order valence-electron chi connectivity index (χ4n) is 1.30. The van der Waals surface area contributed by atoms with Gasteiger partial charge in [0.2, 0.25) is 11.8 Å². The van der Waals surface area contributed by atoms with Gasteiger partial charge in [-0.15, -0.1) is 0 Å². The molecule has 14 heavy (non-hydrogen) atoms. The van der Waals surface area contributed by atoms with Crippen molar-refractivity contribution >= 4 is 11.8 Å². The normalized spacial score (nSPS) is 23.0. The van der Waals surface area contributed by atoms with Crippen molar-refractivity contribution in [1.82, 2.24) is 10.6 Å². The van der Waals surface area contributed by atoms with Gasteiger partial charge in [-0.1, -0.05) is 0 Å². The van der Waals surface area contributed by atoms with Crippen LogP contribution in [0.2, 0.25) is 0 Å². The van der Waals surface area contributed by atoms with Gasteiger partial charge in [0.15, 0.2) is 0 Å². The first-order chi connectivity index (χ1) is 6.63. The Kier molecular flexibility index (Phi) is 3.88. The van der Waals surface area contributed by atoms with Gasteiger partial charge in [-0.05, 0) is 13.3 Å². The maximum absolute atomic E-state index is 11.3. The van der Waals surface area contributed by atoms with Gasteiger partial charge in [0.25, 0.3) is 0 Å². The molecular formula is C9H16N2O3. The van der Waals surface area contributed by atoms with Crippen LogP contribution in [0.15, 0.2) is 0 Å². The van der Waals surface area contributed by atoms with E-state index in [9.17, 15) is 9.59 Å². The maximum atomic E-state index is 11.3. The first-order valence-corrected chi connectivity index (χ1v) is 4.73. The predicted molar refractivity (Wildman–Crippen MR) is 50.6 cm³/mol. The number of ether oxygens (including phenoxy) is 1. The third-order valence-electron chi connectivity index (χ3n) is 2.33. The van der Waals surface area contributed by atoms with E-state index in [1.165, 1.54) is 7.11 Å². The van der Waals surface area contributed by atoms with Crippen molar-refractivity contribution in [2.75, 3.05) is 13.7 Å². The quantitative estimate of drug-likeness (QED) is 0.637. The lowest BCUT2D eigenvalue weighted by atomic mass is 10.2. The molecule has 2 N–H and O–H groups in total. The number of hydrogen-bond acceptors (Lipinski definition) is 3. The van der Waals surface area contributed by atoms with E-state index in [0.717, 1.165) is 6.42 Å². The van der Waals surface area contributed by atoms with E-state index < -0.39 is 6.10 Å². The Labute approximate surface area is 83.2 Å². The van der Waals surface area contributed by atoms with Crippen LogP contribution in [0.25, 0.3) is 0 Å². The summed E-state index contributed by atoms with van der Waals surface area (Å²) in [5, 5.41) is 5.49. The van der Waals surface area contributed by atoms with Gasteiger partial charge in [-0.2, -0.15) is 0 Å².